The quantitative estimate of drug-likeness (QED) is 0.747. The number of hydrogen-bond acceptors (Lipinski definition) is 5. The van der Waals surface area contributed by atoms with Gasteiger partial charge in [0.05, 0.1) is 5.92 Å². The van der Waals surface area contributed by atoms with Gasteiger partial charge < -0.3 is 9.80 Å². The second kappa shape index (κ2) is 5.00. The van der Waals surface area contributed by atoms with E-state index in [4.69, 9.17) is 5.26 Å². The van der Waals surface area contributed by atoms with Crippen molar-refractivity contribution in [1.82, 2.24) is 14.9 Å². The molecule has 1 aromatic heterocycles. The maximum absolute atomic E-state index is 11.9. The lowest BCUT2D eigenvalue weighted by atomic mass is 10.1. The van der Waals surface area contributed by atoms with Crippen molar-refractivity contribution in [3.8, 4) is 6.07 Å². The van der Waals surface area contributed by atoms with Gasteiger partial charge in [-0.25, -0.2) is 9.97 Å². The van der Waals surface area contributed by atoms with Gasteiger partial charge in [0.25, 0.3) is 0 Å². The van der Waals surface area contributed by atoms with Crippen molar-refractivity contribution >= 4 is 11.7 Å². The Morgan fingerprint density at radius 3 is 2.89 bits per heavy atom. The second-order valence-electron chi connectivity index (χ2n) is 4.50. The number of carbonyl (C=O) groups excluding carboxylic acids is 1. The van der Waals surface area contributed by atoms with Crippen molar-refractivity contribution in [1.29, 1.82) is 5.26 Å². The zero-order valence-electron chi connectivity index (χ0n) is 10.5. The van der Waals surface area contributed by atoms with Crippen LogP contribution in [0.2, 0.25) is 0 Å². The molecule has 0 radical (unpaired) electrons. The van der Waals surface area contributed by atoms with Crippen LogP contribution in [-0.2, 0) is 4.79 Å². The highest BCUT2D eigenvalue weighted by Crippen LogP contribution is 2.24. The van der Waals surface area contributed by atoms with E-state index in [-0.39, 0.29) is 11.8 Å². The molecule has 2 heterocycles. The van der Waals surface area contributed by atoms with Crippen LogP contribution in [0.4, 0.5) is 5.82 Å². The van der Waals surface area contributed by atoms with E-state index in [9.17, 15) is 4.79 Å². The summed E-state index contributed by atoms with van der Waals surface area (Å²) in [7, 11) is 3.52. The van der Waals surface area contributed by atoms with Crippen LogP contribution >= 0.6 is 0 Å². The highest BCUT2D eigenvalue weighted by molar-refractivity contribution is 5.79. The summed E-state index contributed by atoms with van der Waals surface area (Å²) in [5, 5.41) is 8.99. The molecule has 1 atom stereocenters. The molecule has 1 aliphatic heterocycles. The standard InChI is InChI=1S/C12H15N5O/c1-16(2)12(18)9-3-6-17(8-9)11-10(7-13)14-4-5-15-11/h4-5,9H,3,6,8H2,1-2H3. The second-order valence-corrected chi connectivity index (χ2v) is 4.50. The fourth-order valence-corrected chi connectivity index (χ4v) is 2.16. The van der Waals surface area contributed by atoms with Crippen molar-refractivity contribution in [2.75, 3.05) is 32.1 Å². The first kappa shape index (κ1) is 12.3. The summed E-state index contributed by atoms with van der Waals surface area (Å²) in [5.74, 6) is 0.683. The summed E-state index contributed by atoms with van der Waals surface area (Å²) in [5.41, 5.74) is 0.315. The van der Waals surface area contributed by atoms with Crippen LogP contribution in [0, 0.1) is 17.2 Å². The Labute approximate surface area is 106 Å². The van der Waals surface area contributed by atoms with Crippen molar-refractivity contribution in [3.05, 3.63) is 18.1 Å². The van der Waals surface area contributed by atoms with Crippen molar-refractivity contribution in [2.24, 2.45) is 5.92 Å². The zero-order valence-corrected chi connectivity index (χ0v) is 10.5. The van der Waals surface area contributed by atoms with Gasteiger partial charge in [-0.15, -0.1) is 0 Å². The third kappa shape index (κ3) is 2.25. The third-order valence-electron chi connectivity index (χ3n) is 3.06. The van der Waals surface area contributed by atoms with Crippen LogP contribution in [0.25, 0.3) is 0 Å². The Morgan fingerprint density at radius 2 is 2.22 bits per heavy atom. The molecule has 1 unspecified atom stereocenters. The Hall–Kier alpha value is -2.16. The maximum Gasteiger partial charge on any atom is 0.227 e. The molecule has 1 aromatic rings. The fourth-order valence-electron chi connectivity index (χ4n) is 2.16. The topological polar surface area (TPSA) is 73.1 Å². The molecule has 0 spiro atoms. The predicted molar refractivity (Wildman–Crippen MR) is 65.8 cm³/mol. The number of nitrogens with zero attached hydrogens (tertiary/aromatic N) is 5. The molecule has 0 aliphatic carbocycles. The van der Waals surface area contributed by atoms with Crippen LogP contribution in [0.5, 0.6) is 0 Å². The Bertz CT molecular complexity index is 493. The Morgan fingerprint density at radius 1 is 1.50 bits per heavy atom. The van der Waals surface area contributed by atoms with Gasteiger partial charge in [0.15, 0.2) is 11.5 Å². The van der Waals surface area contributed by atoms with Crippen molar-refractivity contribution in [3.63, 3.8) is 0 Å². The number of amides is 1. The average Bonchev–Trinajstić information content (AvgIpc) is 2.87. The van der Waals surface area contributed by atoms with Gasteiger partial charge in [-0.3, -0.25) is 4.79 Å². The van der Waals surface area contributed by atoms with Crippen LogP contribution in [0.15, 0.2) is 12.4 Å². The average molecular weight is 245 g/mol. The van der Waals surface area contributed by atoms with Gasteiger partial charge >= 0.3 is 0 Å². The molecule has 2 rings (SSSR count). The Kier molecular flexibility index (Phi) is 3.42. The molecule has 1 saturated heterocycles. The van der Waals surface area contributed by atoms with E-state index < -0.39 is 0 Å². The van der Waals surface area contributed by atoms with Gasteiger partial charge in [0, 0.05) is 39.6 Å². The number of rotatable bonds is 2. The molecule has 0 bridgehead atoms. The van der Waals surface area contributed by atoms with E-state index >= 15 is 0 Å². The summed E-state index contributed by atoms with van der Waals surface area (Å²) >= 11 is 0. The summed E-state index contributed by atoms with van der Waals surface area (Å²) < 4.78 is 0. The third-order valence-corrected chi connectivity index (χ3v) is 3.06. The van der Waals surface area contributed by atoms with Crippen molar-refractivity contribution in [2.45, 2.75) is 6.42 Å². The van der Waals surface area contributed by atoms with E-state index in [0.717, 1.165) is 13.0 Å². The van der Waals surface area contributed by atoms with Gasteiger partial charge in [-0.2, -0.15) is 5.26 Å². The fraction of sp³-hybridized carbons (Fsp3) is 0.500. The first-order chi connectivity index (χ1) is 8.63. The monoisotopic (exact) mass is 245 g/mol. The zero-order chi connectivity index (χ0) is 13.1. The van der Waals surface area contributed by atoms with Crippen LogP contribution in [0.3, 0.4) is 0 Å². The normalized spacial score (nSPS) is 18.5. The van der Waals surface area contributed by atoms with Crippen LogP contribution < -0.4 is 4.90 Å². The van der Waals surface area contributed by atoms with Gasteiger partial charge in [0.2, 0.25) is 5.91 Å². The molecular formula is C12H15N5O. The van der Waals surface area contributed by atoms with E-state index in [2.05, 4.69) is 9.97 Å². The van der Waals surface area contributed by atoms with E-state index in [0.29, 0.717) is 18.1 Å². The Balaban J connectivity index is 2.14. The SMILES string of the molecule is CN(C)C(=O)C1CCN(c2nccnc2C#N)C1. The summed E-state index contributed by atoms with van der Waals surface area (Å²) in [6.07, 6.45) is 3.86. The van der Waals surface area contributed by atoms with Gasteiger partial charge in [-0.05, 0) is 6.42 Å². The van der Waals surface area contributed by atoms with E-state index in [1.807, 2.05) is 11.0 Å². The minimum Gasteiger partial charge on any atom is -0.353 e. The summed E-state index contributed by atoms with van der Waals surface area (Å²) in [6, 6.07) is 2.03. The first-order valence-electron chi connectivity index (χ1n) is 5.80. The van der Waals surface area contributed by atoms with E-state index in [1.54, 1.807) is 25.2 Å². The van der Waals surface area contributed by atoms with Gasteiger partial charge in [0.1, 0.15) is 6.07 Å². The lowest BCUT2D eigenvalue weighted by molar-refractivity contribution is -0.132. The molecule has 0 aromatic carbocycles. The summed E-state index contributed by atoms with van der Waals surface area (Å²) in [4.78, 5) is 23.6. The molecule has 1 amide bonds. The highest BCUT2D eigenvalue weighted by Gasteiger charge is 2.31. The minimum absolute atomic E-state index is 0.0199. The molecule has 1 fully saturated rings. The number of nitriles is 1. The molecule has 1 aliphatic rings. The van der Waals surface area contributed by atoms with Gasteiger partial charge in [-0.1, -0.05) is 0 Å². The highest BCUT2D eigenvalue weighted by atomic mass is 16.2. The number of anilines is 1. The van der Waals surface area contributed by atoms with Crippen LogP contribution in [0.1, 0.15) is 12.1 Å². The number of aromatic nitrogens is 2. The number of carbonyl (C=O) groups is 1. The molecule has 6 nitrogen and oxygen atoms in total. The molecule has 6 heteroatoms. The number of hydrogen-bond donors (Lipinski definition) is 0. The largest absolute Gasteiger partial charge is 0.353 e. The van der Waals surface area contributed by atoms with Crippen LogP contribution in [-0.4, -0.2) is 48.0 Å². The minimum atomic E-state index is -0.0199. The molecule has 0 saturated carbocycles. The lowest BCUT2D eigenvalue weighted by Gasteiger charge is -2.19. The maximum atomic E-state index is 11.9. The predicted octanol–water partition coefficient (Wildman–Crippen LogP) is 0.263. The molecule has 0 N–H and O–H groups in total. The van der Waals surface area contributed by atoms with E-state index in [1.165, 1.54) is 6.20 Å². The molecular weight excluding hydrogens is 230 g/mol. The molecule has 18 heavy (non-hydrogen) atoms. The smallest absolute Gasteiger partial charge is 0.227 e. The molecule has 94 valence electrons. The summed E-state index contributed by atoms with van der Waals surface area (Å²) in [6.45, 7) is 1.34. The van der Waals surface area contributed by atoms with Crippen molar-refractivity contribution < 1.29 is 4.79 Å². The first-order valence-corrected chi connectivity index (χ1v) is 5.80. The lowest BCUT2D eigenvalue weighted by Crippen LogP contribution is -2.32.